The molecule has 0 aliphatic heterocycles. The van der Waals surface area contributed by atoms with Crippen LogP contribution in [-0.2, 0) is 10.0 Å². The zero-order chi connectivity index (χ0) is 14.8. The molecule has 0 spiro atoms. The van der Waals surface area contributed by atoms with Crippen LogP contribution < -0.4 is 4.31 Å². The number of nitrogens with zero attached hydrogens (tertiary/aromatic N) is 2. The molecule has 7 heteroatoms. The number of benzene rings is 1. The van der Waals surface area contributed by atoms with Crippen molar-refractivity contribution < 1.29 is 13.5 Å². The van der Waals surface area contributed by atoms with E-state index < -0.39 is 10.0 Å². The fourth-order valence-electron chi connectivity index (χ4n) is 1.81. The maximum absolute atomic E-state index is 12.6. The molecule has 0 saturated carbocycles. The molecule has 1 aromatic heterocycles. The van der Waals surface area contributed by atoms with Crippen LogP contribution in [0, 0.1) is 0 Å². The first-order valence-electron chi connectivity index (χ1n) is 5.88. The molecule has 0 aliphatic rings. The van der Waals surface area contributed by atoms with Gasteiger partial charge >= 0.3 is 0 Å². The molecule has 0 aliphatic carbocycles. The van der Waals surface area contributed by atoms with Gasteiger partial charge in [-0.3, -0.25) is 9.29 Å². The quantitative estimate of drug-likeness (QED) is 0.942. The van der Waals surface area contributed by atoms with Gasteiger partial charge < -0.3 is 5.11 Å². The van der Waals surface area contributed by atoms with Crippen LogP contribution in [0.1, 0.15) is 6.92 Å². The molecule has 0 atom stereocenters. The van der Waals surface area contributed by atoms with Crippen molar-refractivity contribution in [2.24, 2.45) is 0 Å². The van der Waals surface area contributed by atoms with Gasteiger partial charge in [0.05, 0.1) is 10.7 Å². The van der Waals surface area contributed by atoms with Crippen molar-refractivity contribution >= 4 is 27.3 Å². The smallest absolute Gasteiger partial charge is 0.267 e. The van der Waals surface area contributed by atoms with E-state index in [0.29, 0.717) is 5.69 Å². The third-order valence-corrected chi connectivity index (χ3v) is 5.08. The minimum absolute atomic E-state index is 0.00608. The van der Waals surface area contributed by atoms with E-state index in [0.717, 1.165) is 4.31 Å². The Morgan fingerprint density at radius 1 is 1.35 bits per heavy atom. The molecule has 0 bridgehead atoms. The fraction of sp³-hybridized carbons (Fsp3) is 0.154. The van der Waals surface area contributed by atoms with Crippen LogP contribution in [0.15, 0.2) is 47.6 Å². The molecule has 0 unspecified atom stereocenters. The Morgan fingerprint density at radius 3 is 2.70 bits per heavy atom. The zero-order valence-electron chi connectivity index (χ0n) is 10.7. The second-order valence-electron chi connectivity index (χ2n) is 4.00. The van der Waals surface area contributed by atoms with E-state index in [4.69, 9.17) is 11.6 Å². The molecule has 20 heavy (non-hydrogen) atoms. The number of hydrogen-bond acceptors (Lipinski definition) is 4. The van der Waals surface area contributed by atoms with Crippen LogP contribution in [0.25, 0.3) is 0 Å². The summed E-state index contributed by atoms with van der Waals surface area (Å²) in [6, 6.07) is 7.45. The first kappa shape index (κ1) is 14.6. The van der Waals surface area contributed by atoms with Crippen molar-refractivity contribution in [2.75, 3.05) is 10.8 Å². The Labute approximate surface area is 122 Å². The molecule has 1 N–H and O–H groups in total. The number of aromatic nitrogens is 1. The average Bonchev–Trinajstić information content (AvgIpc) is 2.39. The van der Waals surface area contributed by atoms with Gasteiger partial charge in [-0.25, -0.2) is 8.42 Å². The lowest BCUT2D eigenvalue weighted by Crippen LogP contribution is -2.31. The Bertz CT molecular complexity index is 719. The predicted molar refractivity (Wildman–Crippen MR) is 77.6 cm³/mol. The number of sulfonamides is 1. The molecule has 0 saturated heterocycles. The van der Waals surface area contributed by atoms with Crippen LogP contribution in [-0.4, -0.2) is 25.1 Å². The van der Waals surface area contributed by atoms with E-state index in [1.807, 2.05) is 0 Å². The van der Waals surface area contributed by atoms with Crippen molar-refractivity contribution in [3.8, 4) is 5.75 Å². The Kier molecular flexibility index (Phi) is 4.15. The summed E-state index contributed by atoms with van der Waals surface area (Å²) in [6.45, 7) is 1.91. The summed E-state index contributed by atoms with van der Waals surface area (Å²) in [4.78, 5) is 3.74. The van der Waals surface area contributed by atoms with Crippen LogP contribution in [0.3, 0.4) is 0 Å². The molecule has 0 fully saturated rings. The molecular weight excluding hydrogens is 300 g/mol. The van der Waals surface area contributed by atoms with Crippen LogP contribution in [0.2, 0.25) is 5.02 Å². The lowest BCUT2D eigenvalue weighted by atomic mass is 10.3. The average molecular weight is 313 g/mol. The highest BCUT2D eigenvalue weighted by molar-refractivity contribution is 7.93. The van der Waals surface area contributed by atoms with E-state index in [-0.39, 0.29) is 22.2 Å². The molecule has 0 amide bonds. The van der Waals surface area contributed by atoms with Crippen molar-refractivity contribution in [3.05, 3.63) is 47.7 Å². The van der Waals surface area contributed by atoms with Gasteiger partial charge in [-0.1, -0.05) is 17.7 Å². The summed E-state index contributed by atoms with van der Waals surface area (Å²) >= 11 is 5.93. The first-order chi connectivity index (χ1) is 9.46. The molecule has 1 aromatic carbocycles. The topological polar surface area (TPSA) is 70.5 Å². The van der Waals surface area contributed by atoms with Gasteiger partial charge in [0, 0.05) is 25.0 Å². The van der Waals surface area contributed by atoms with E-state index in [9.17, 15) is 13.5 Å². The number of anilines is 1. The van der Waals surface area contributed by atoms with Gasteiger partial charge in [0.2, 0.25) is 0 Å². The molecule has 2 rings (SSSR count). The summed E-state index contributed by atoms with van der Waals surface area (Å²) in [5, 5.41) is 9.60. The number of hydrogen-bond donors (Lipinski definition) is 1. The summed E-state index contributed by atoms with van der Waals surface area (Å²) in [6.07, 6.45) is 2.63. The highest BCUT2D eigenvalue weighted by Crippen LogP contribution is 2.29. The van der Waals surface area contributed by atoms with Crippen molar-refractivity contribution in [1.29, 1.82) is 0 Å². The van der Waals surface area contributed by atoms with Gasteiger partial charge in [-0.2, -0.15) is 0 Å². The highest BCUT2D eigenvalue weighted by Gasteiger charge is 2.26. The minimum atomic E-state index is -3.82. The van der Waals surface area contributed by atoms with Crippen molar-refractivity contribution in [3.63, 3.8) is 0 Å². The van der Waals surface area contributed by atoms with Gasteiger partial charge in [-0.05, 0) is 25.1 Å². The van der Waals surface area contributed by atoms with Crippen molar-refractivity contribution in [1.82, 2.24) is 4.98 Å². The normalized spacial score (nSPS) is 11.3. The van der Waals surface area contributed by atoms with Crippen LogP contribution >= 0.6 is 11.6 Å². The first-order valence-corrected chi connectivity index (χ1v) is 7.70. The number of pyridine rings is 1. The maximum atomic E-state index is 12.6. The lowest BCUT2D eigenvalue weighted by molar-refractivity contribution is 0.475. The molecular formula is C13H13ClN2O3S. The molecule has 1 heterocycles. The van der Waals surface area contributed by atoms with Gasteiger partial charge in [0.1, 0.15) is 10.6 Å². The SMILES string of the molecule is CCN(c1cccc(O)c1)S(=O)(=O)c1cnccc1Cl. The molecule has 2 aromatic rings. The number of rotatable bonds is 4. The lowest BCUT2D eigenvalue weighted by Gasteiger charge is -2.23. The standard InChI is InChI=1S/C13H13ClN2O3S/c1-2-16(10-4-3-5-11(17)8-10)20(18,19)13-9-15-7-6-12(13)14/h3-9,17H,2H2,1H3. The number of phenolic OH excluding ortho intramolecular Hbond substituents is 1. The van der Waals surface area contributed by atoms with E-state index in [2.05, 4.69) is 4.98 Å². The largest absolute Gasteiger partial charge is 0.508 e. The summed E-state index contributed by atoms with van der Waals surface area (Å²) in [5.41, 5.74) is 0.368. The second-order valence-corrected chi connectivity index (χ2v) is 6.23. The van der Waals surface area contributed by atoms with E-state index >= 15 is 0 Å². The van der Waals surface area contributed by atoms with Crippen LogP contribution in [0.5, 0.6) is 5.75 Å². The zero-order valence-corrected chi connectivity index (χ0v) is 12.3. The Hall–Kier alpha value is -1.79. The third kappa shape index (κ3) is 2.71. The Morgan fingerprint density at radius 2 is 2.10 bits per heavy atom. The van der Waals surface area contributed by atoms with E-state index in [1.54, 1.807) is 19.1 Å². The molecule has 5 nitrogen and oxygen atoms in total. The molecule has 106 valence electrons. The summed E-state index contributed by atoms with van der Waals surface area (Å²) in [7, 11) is -3.82. The van der Waals surface area contributed by atoms with Gasteiger partial charge in [0.25, 0.3) is 10.0 Å². The molecule has 0 radical (unpaired) electrons. The van der Waals surface area contributed by atoms with E-state index in [1.165, 1.54) is 30.6 Å². The second kappa shape index (κ2) is 5.68. The van der Waals surface area contributed by atoms with Gasteiger partial charge in [-0.15, -0.1) is 0 Å². The summed E-state index contributed by atoms with van der Waals surface area (Å²) in [5.74, 6) is -0.00608. The van der Waals surface area contributed by atoms with Crippen molar-refractivity contribution in [2.45, 2.75) is 11.8 Å². The monoisotopic (exact) mass is 312 g/mol. The predicted octanol–water partition coefficient (Wildman–Crippen LogP) is 2.66. The number of phenols is 1. The number of aromatic hydroxyl groups is 1. The van der Waals surface area contributed by atoms with Crippen LogP contribution in [0.4, 0.5) is 5.69 Å². The fourth-order valence-corrected chi connectivity index (χ4v) is 3.69. The maximum Gasteiger partial charge on any atom is 0.267 e. The highest BCUT2D eigenvalue weighted by atomic mass is 35.5. The number of halogens is 1. The van der Waals surface area contributed by atoms with Gasteiger partial charge in [0.15, 0.2) is 0 Å². The minimum Gasteiger partial charge on any atom is -0.508 e. The third-order valence-electron chi connectivity index (χ3n) is 2.71. The summed E-state index contributed by atoms with van der Waals surface area (Å²) < 4.78 is 26.4. The Balaban J connectivity index is 2.54.